The lowest BCUT2D eigenvalue weighted by Crippen LogP contribution is -2.52. The zero-order valence-electron chi connectivity index (χ0n) is 14.4. The van der Waals surface area contributed by atoms with Crippen LogP contribution in [0.2, 0.25) is 0 Å². The fourth-order valence-corrected chi connectivity index (χ4v) is 4.33. The minimum Gasteiger partial charge on any atom is -0.451 e. The minimum absolute atomic E-state index is 0.138. The van der Waals surface area contributed by atoms with Gasteiger partial charge in [0.1, 0.15) is 18.0 Å². The van der Waals surface area contributed by atoms with E-state index in [4.69, 9.17) is 9.68 Å². The highest BCUT2D eigenvalue weighted by molar-refractivity contribution is 5.92. The second-order valence-corrected chi connectivity index (χ2v) is 7.26. The van der Waals surface area contributed by atoms with Crippen molar-refractivity contribution in [1.29, 1.82) is 5.26 Å². The molecule has 2 atom stereocenters. The van der Waals surface area contributed by atoms with E-state index in [1.165, 1.54) is 31.9 Å². The maximum Gasteiger partial charge on any atom is 0.273 e. The summed E-state index contributed by atoms with van der Waals surface area (Å²) in [4.78, 5) is 20.5. The van der Waals surface area contributed by atoms with E-state index in [-0.39, 0.29) is 17.4 Å². The average Bonchev–Trinajstić information content (AvgIpc) is 3.28. The molecule has 2 saturated carbocycles. The highest BCUT2D eigenvalue weighted by atomic mass is 16.3. The molecule has 7 heteroatoms. The lowest BCUT2D eigenvalue weighted by molar-refractivity contribution is 0.0692. The first-order valence-electron chi connectivity index (χ1n) is 8.99. The summed E-state index contributed by atoms with van der Waals surface area (Å²) in [6.07, 6.45) is 10.1. The number of amides is 1. The Hall–Kier alpha value is -2.88. The molecule has 2 aromatic rings. The monoisotopic (exact) mass is 351 g/mol. The number of oxazole rings is 1. The maximum atomic E-state index is 12.5. The summed E-state index contributed by atoms with van der Waals surface area (Å²) < 4.78 is 4.93. The van der Waals surface area contributed by atoms with Gasteiger partial charge in [-0.15, -0.1) is 0 Å². The van der Waals surface area contributed by atoms with Gasteiger partial charge >= 0.3 is 0 Å². The molecule has 7 nitrogen and oxygen atoms in total. The number of hydrogen-bond donors (Lipinski definition) is 2. The molecule has 1 amide bonds. The van der Waals surface area contributed by atoms with Gasteiger partial charge in [0, 0.05) is 12.6 Å². The topological polar surface area (TPSA) is 104 Å². The largest absolute Gasteiger partial charge is 0.451 e. The number of carbonyl (C=O) groups excluding carboxylic acids is 1. The van der Waals surface area contributed by atoms with Crippen molar-refractivity contribution in [3.63, 3.8) is 0 Å². The molecule has 2 aliphatic rings. The van der Waals surface area contributed by atoms with Crippen molar-refractivity contribution in [1.82, 2.24) is 15.3 Å². The first-order chi connectivity index (χ1) is 12.7. The number of hydrogen-bond acceptors (Lipinski definition) is 6. The molecule has 0 radical (unpaired) electrons. The average molecular weight is 351 g/mol. The van der Waals surface area contributed by atoms with E-state index in [0.29, 0.717) is 17.3 Å². The van der Waals surface area contributed by atoms with E-state index in [0.717, 1.165) is 25.1 Å². The van der Waals surface area contributed by atoms with Gasteiger partial charge in [-0.1, -0.05) is 6.42 Å². The van der Waals surface area contributed by atoms with E-state index in [1.54, 1.807) is 12.3 Å². The third kappa shape index (κ3) is 3.03. The second-order valence-electron chi connectivity index (χ2n) is 7.26. The molecule has 2 fully saturated rings. The standard InChI is InChI=1S/C19H21N5O2/c20-8-14-2-3-15(10-22-14)21-9-13-4-7-19(5-1-6-19)17(13)24-18(25)16-11-26-12-23-16/h2-3,10-13,17,21H,1,4-7,9H2,(H,24,25). The zero-order valence-corrected chi connectivity index (χ0v) is 14.4. The Balaban J connectivity index is 1.43. The van der Waals surface area contributed by atoms with Gasteiger partial charge in [-0.05, 0) is 49.1 Å². The number of pyridine rings is 1. The zero-order chi connectivity index (χ0) is 18.0. The van der Waals surface area contributed by atoms with Crippen LogP contribution in [-0.2, 0) is 0 Å². The van der Waals surface area contributed by atoms with Crippen LogP contribution in [0.1, 0.15) is 48.3 Å². The summed E-state index contributed by atoms with van der Waals surface area (Å²) in [7, 11) is 0. The van der Waals surface area contributed by atoms with Crippen molar-refractivity contribution in [2.45, 2.75) is 38.1 Å². The molecular formula is C19H21N5O2. The summed E-state index contributed by atoms with van der Waals surface area (Å²) in [6.45, 7) is 0.763. The van der Waals surface area contributed by atoms with Crippen LogP contribution >= 0.6 is 0 Å². The van der Waals surface area contributed by atoms with Gasteiger partial charge in [0.25, 0.3) is 5.91 Å². The molecule has 2 N–H and O–H groups in total. The third-order valence-electron chi connectivity index (χ3n) is 5.89. The van der Waals surface area contributed by atoms with Crippen molar-refractivity contribution in [2.75, 3.05) is 11.9 Å². The van der Waals surface area contributed by atoms with E-state index < -0.39 is 0 Å². The van der Waals surface area contributed by atoms with Gasteiger partial charge in [-0.3, -0.25) is 4.79 Å². The first-order valence-corrected chi connectivity index (χ1v) is 8.99. The Morgan fingerprint density at radius 3 is 2.85 bits per heavy atom. The van der Waals surface area contributed by atoms with Crippen LogP contribution in [0, 0.1) is 22.7 Å². The highest BCUT2D eigenvalue weighted by Crippen LogP contribution is 2.55. The van der Waals surface area contributed by atoms with E-state index >= 15 is 0 Å². The van der Waals surface area contributed by atoms with Gasteiger partial charge < -0.3 is 15.1 Å². The molecule has 0 bridgehead atoms. The van der Waals surface area contributed by atoms with Crippen LogP contribution in [-0.4, -0.2) is 28.5 Å². The number of nitrogens with zero attached hydrogens (tertiary/aromatic N) is 3. The summed E-state index contributed by atoms with van der Waals surface area (Å²) in [5, 5.41) is 15.5. The van der Waals surface area contributed by atoms with E-state index in [9.17, 15) is 4.79 Å². The molecule has 134 valence electrons. The number of nitrogens with one attached hydrogen (secondary N) is 2. The van der Waals surface area contributed by atoms with Gasteiger partial charge in [-0.25, -0.2) is 9.97 Å². The molecule has 4 rings (SSSR count). The fraction of sp³-hybridized carbons (Fsp3) is 0.474. The Bertz CT molecular complexity index is 805. The molecule has 1 spiro atoms. The summed E-state index contributed by atoms with van der Waals surface area (Å²) in [5.74, 6) is 0.184. The third-order valence-corrected chi connectivity index (χ3v) is 5.89. The molecular weight excluding hydrogens is 330 g/mol. The number of nitriles is 1. The van der Waals surface area contributed by atoms with Crippen molar-refractivity contribution in [3.8, 4) is 6.07 Å². The molecule has 0 aliphatic heterocycles. The van der Waals surface area contributed by atoms with E-state index in [2.05, 4.69) is 20.6 Å². The Morgan fingerprint density at radius 2 is 2.23 bits per heavy atom. The summed E-state index contributed by atoms with van der Waals surface area (Å²) in [5.41, 5.74) is 1.85. The van der Waals surface area contributed by atoms with Crippen molar-refractivity contribution < 1.29 is 9.21 Å². The maximum absolute atomic E-state index is 12.5. The summed E-state index contributed by atoms with van der Waals surface area (Å²) in [6, 6.07) is 5.72. The van der Waals surface area contributed by atoms with Gasteiger partial charge in [0.15, 0.2) is 12.1 Å². The molecule has 0 aromatic carbocycles. The van der Waals surface area contributed by atoms with E-state index in [1.807, 2.05) is 12.1 Å². The normalized spacial score (nSPS) is 23.2. The van der Waals surface area contributed by atoms with Crippen LogP contribution in [0.5, 0.6) is 0 Å². The Labute approximate surface area is 151 Å². The lowest BCUT2D eigenvalue weighted by Gasteiger charge is -2.45. The quantitative estimate of drug-likeness (QED) is 0.858. The van der Waals surface area contributed by atoms with Crippen LogP contribution in [0.3, 0.4) is 0 Å². The lowest BCUT2D eigenvalue weighted by atomic mass is 9.64. The molecule has 2 aromatic heterocycles. The molecule has 2 heterocycles. The highest BCUT2D eigenvalue weighted by Gasteiger charge is 2.52. The number of carbonyl (C=O) groups is 1. The number of rotatable bonds is 5. The summed E-state index contributed by atoms with van der Waals surface area (Å²) >= 11 is 0. The fourth-order valence-electron chi connectivity index (χ4n) is 4.33. The predicted octanol–water partition coefficient (Wildman–Crippen LogP) is 2.73. The SMILES string of the molecule is N#Cc1ccc(NCC2CCC3(CCC3)C2NC(=O)c2cocn2)cn1. The smallest absolute Gasteiger partial charge is 0.273 e. The van der Waals surface area contributed by atoms with Gasteiger partial charge in [0.05, 0.1) is 11.9 Å². The number of aromatic nitrogens is 2. The van der Waals surface area contributed by atoms with Crippen molar-refractivity contribution >= 4 is 11.6 Å². The molecule has 2 unspecified atom stereocenters. The Kier molecular flexibility index (Phi) is 4.33. The van der Waals surface area contributed by atoms with Crippen molar-refractivity contribution in [2.24, 2.45) is 11.3 Å². The first kappa shape index (κ1) is 16.6. The number of anilines is 1. The molecule has 2 aliphatic carbocycles. The second kappa shape index (κ2) is 6.79. The minimum atomic E-state index is -0.165. The molecule has 26 heavy (non-hydrogen) atoms. The Morgan fingerprint density at radius 1 is 1.35 bits per heavy atom. The predicted molar refractivity (Wildman–Crippen MR) is 94.2 cm³/mol. The van der Waals surface area contributed by atoms with Crippen LogP contribution in [0.4, 0.5) is 5.69 Å². The van der Waals surface area contributed by atoms with Gasteiger partial charge in [0.2, 0.25) is 0 Å². The van der Waals surface area contributed by atoms with Crippen LogP contribution in [0.15, 0.2) is 35.4 Å². The van der Waals surface area contributed by atoms with Crippen LogP contribution in [0.25, 0.3) is 0 Å². The van der Waals surface area contributed by atoms with Crippen LogP contribution < -0.4 is 10.6 Å². The van der Waals surface area contributed by atoms with Gasteiger partial charge in [-0.2, -0.15) is 5.26 Å². The van der Waals surface area contributed by atoms with Crippen molar-refractivity contribution in [3.05, 3.63) is 42.4 Å². The molecule has 0 saturated heterocycles.